The fourth-order valence-electron chi connectivity index (χ4n) is 2.51. The Morgan fingerprint density at radius 3 is 2.19 bits per heavy atom. The van der Waals surface area contributed by atoms with Crippen molar-refractivity contribution in [3.8, 4) is 17.4 Å². The first-order valence-electron chi connectivity index (χ1n) is 7.87. The summed E-state index contributed by atoms with van der Waals surface area (Å²) in [5.41, 5.74) is 1.77. The van der Waals surface area contributed by atoms with Crippen LogP contribution in [0.25, 0.3) is 23.0 Å². The van der Waals surface area contributed by atoms with Crippen molar-refractivity contribution < 1.29 is 24.2 Å². The number of allylic oxidation sites excluding steroid dienone is 1. The van der Waals surface area contributed by atoms with Crippen LogP contribution < -0.4 is 0 Å². The molecule has 1 aromatic heterocycles. The van der Waals surface area contributed by atoms with Gasteiger partial charge in [-0.1, -0.05) is 24.3 Å². The molecule has 0 unspecified atom stereocenters. The molecule has 3 aromatic rings. The van der Waals surface area contributed by atoms with E-state index in [-0.39, 0.29) is 11.1 Å². The van der Waals surface area contributed by atoms with Gasteiger partial charge in [-0.2, -0.15) is 5.26 Å². The van der Waals surface area contributed by atoms with Gasteiger partial charge in [-0.25, -0.2) is 9.59 Å². The largest absolute Gasteiger partial charge is 0.478 e. The minimum atomic E-state index is -1.04. The maximum Gasteiger partial charge on any atom is 0.335 e. The van der Waals surface area contributed by atoms with Gasteiger partial charge in [0.2, 0.25) is 0 Å². The van der Waals surface area contributed by atoms with Crippen molar-refractivity contribution in [3.63, 3.8) is 0 Å². The molecule has 0 saturated carbocycles. The smallest absolute Gasteiger partial charge is 0.335 e. The van der Waals surface area contributed by atoms with E-state index in [0.717, 1.165) is 0 Å². The highest BCUT2D eigenvalue weighted by molar-refractivity contribution is 5.92. The third kappa shape index (κ3) is 3.94. The van der Waals surface area contributed by atoms with Gasteiger partial charge in [0.25, 0.3) is 0 Å². The van der Waals surface area contributed by atoms with E-state index in [1.165, 1.54) is 24.3 Å². The van der Waals surface area contributed by atoms with Crippen molar-refractivity contribution in [2.24, 2.45) is 0 Å². The van der Waals surface area contributed by atoms with Crippen LogP contribution >= 0.6 is 0 Å². The molecule has 2 aromatic carbocycles. The molecule has 0 bridgehead atoms. The van der Waals surface area contributed by atoms with Gasteiger partial charge >= 0.3 is 11.9 Å². The van der Waals surface area contributed by atoms with Crippen LogP contribution in [0.15, 0.2) is 65.1 Å². The predicted molar refractivity (Wildman–Crippen MR) is 98.0 cm³/mol. The van der Waals surface area contributed by atoms with Gasteiger partial charge in [0.05, 0.1) is 22.8 Å². The molecule has 0 aliphatic rings. The molecule has 0 radical (unpaired) electrons. The van der Waals surface area contributed by atoms with Gasteiger partial charge in [-0.15, -0.1) is 0 Å². The summed E-state index contributed by atoms with van der Waals surface area (Å²) >= 11 is 0. The minimum Gasteiger partial charge on any atom is -0.478 e. The zero-order chi connectivity index (χ0) is 19.4. The second kappa shape index (κ2) is 7.42. The second-order valence-corrected chi connectivity index (χ2v) is 5.64. The minimum absolute atomic E-state index is 0.134. The zero-order valence-corrected chi connectivity index (χ0v) is 13.9. The van der Waals surface area contributed by atoms with Crippen LogP contribution in [0.2, 0.25) is 0 Å². The van der Waals surface area contributed by atoms with E-state index in [2.05, 4.69) is 6.07 Å². The molecule has 0 aliphatic carbocycles. The average molecular weight is 359 g/mol. The summed E-state index contributed by atoms with van der Waals surface area (Å²) in [4.78, 5) is 22.0. The number of carbonyl (C=O) groups is 2. The van der Waals surface area contributed by atoms with E-state index >= 15 is 0 Å². The fourth-order valence-corrected chi connectivity index (χ4v) is 2.51. The van der Waals surface area contributed by atoms with Crippen LogP contribution in [-0.2, 0) is 0 Å². The number of hydrogen-bond acceptors (Lipinski definition) is 4. The standard InChI is InChI=1S/C21H13NO5/c22-12-17(13-4-6-14(7-5-13)20(23)24)11-18-8-9-19(27-18)15-2-1-3-16(10-15)21(25)26/h1-11H,(H,23,24)(H,25,26)/b17-11+. The second-order valence-electron chi connectivity index (χ2n) is 5.64. The van der Waals surface area contributed by atoms with Crippen LogP contribution in [0.3, 0.4) is 0 Å². The number of hydrogen-bond donors (Lipinski definition) is 2. The summed E-state index contributed by atoms with van der Waals surface area (Å²) in [6, 6.07) is 17.7. The van der Waals surface area contributed by atoms with Crippen molar-refractivity contribution in [3.05, 3.63) is 83.1 Å². The van der Waals surface area contributed by atoms with Gasteiger partial charge in [-0.3, -0.25) is 0 Å². The maximum atomic E-state index is 11.1. The lowest BCUT2D eigenvalue weighted by Crippen LogP contribution is -1.95. The highest BCUT2D eigenvalue weighted by Gasteiger charge is 2.10. The summed E-state index contributed by atoms with van der Waals surface area (Å²) in [7, 11) is 0. The van der Waals surface area contributed by atoms with Gasteiger partial charge in [0.1, 0.15) is 11.5 Å². The Bertz CT molecular complexity index is 1080. The number of carboxylic acid groups (broad SMARTS) is 2. The molecule has 132 valence electrons. The lowest BCUT2D eigenvalue weighted by Gasteiger charge is -2.00. The molecule has 0 spiro atoms. The molecule has 2 N–H and O–H groups in total. The normalized spacial score (nSPS) is 11.0. The Labute approximate surface area is 154 Å². The quantitative estimate of drug-likeness (QED) is 0.653. The first-order valence-corrected chi connectivity index (χ1v) is 7.87. The van der Waals surface area contributed by atoms with Crippen molar-refractivity contribution in [1.82, 2.24) is 0 Å². The number of nitriles is 1. The van der Waals surface area contributed by atoms with E-state index in [9.17, 15) is 14.9 Å². The van der Waals surface area contributed by atoms with Crippen molar-refractivity contribution in [2.75, 3.05) is 0 Å². The van der Waals surface area contributed by atoms with Gasteiger partial charge in [0.15, 0.2) is 0 Å². The Hall–Kier alpha value is -4.11. The van der Waals surface area contributed by atoms with Crippen LogP contribution in [0.1, 0.15) is 32.0 Å². The number of furan rings is 1. The number of rotatable bonds is 5. The van der Waals surface area contributed by atoms with E-state index in [1.54, 1.807) is 42.5 Å². The van der Waals surface area contributed by atoms with Crippen molar-refractivity contribution in [1.29, 1.82) is 5.26 Å². The van der Waals surface area contributed by atoms with Gasteiger partial charge < -0.3 is 14.6 Å². The Morgan fingerprint density at radius 1 is 0.889 bits per heavy atom. The molecule has 0 amide bonds. The molecule has 1 heterocycles. The van der Waals surface area contributed by atoms with Crippen molar-refractivity contribution in [2.45, 2.75) is 0 Å². The number of nitrogens with zero attached hydrogens (tertiary/aromatic N) is 1. The lowest BCUT2D eigenvalue weighted by atomic mass is 10.0. The highest BCUT2D eigenvalue weighted by Crippen LogP contribution is 2.26. The Morgan fingerprint density at radius 2 is 1.56 bits per heavy atom. The molecule has 27 heavy (non-hydrogen) atoms. The summed E-state index contributed by atoms with van der Waals surface area (Å²) in [6.07, 6.45) is 1.54. The van der Waals surface area contributed by atoms with Gasteiger partial charge in [-0.05, 0) is 48.0 Å². The molecule has 0 saturated heterocycles. The molecule has 3 rings (SSSR count). The van der Waals surface area contributed by atoms with E-state index in [1.807, 2.05) is 0 Å². The average Bonchev–Trinajstić information content (AvgIpc) is 3.15. The third-order valence-electron chi connectivity index (χ3n) is 3.87. The molecular formula is C21H13NO5. The summed E-state index contributed by atoms with van der Waals surface area (Å²) in [5.74, 6) is -1.17. The van der Waals surface area contributed by atoms with E-state index in [4.69, 9.17) is 14.6 Å². The maximum absolute atomic E-state index is 11.1. The van der Waals surface area contributed by atoms with Crippen LogP contribution in [-0.4, -0.2) is 22.2 Å². The van der Waals surface area contributed by atoms with Crippen molar-refractivity contribution >= 4 is 23.6 Å². The topological polar surface area (TPSA) is 112 Å². The number of benzene rings is 2. The Balaban J connectivity index is 1.91. The predicted octanol–water partition coefficient (Wildman–Crippen LogP) is 4.41. The first kappa shape index (κ1) is 17.7. The van der Waals surface area contributed by atoms with E-state index in [0.29, 0.717) is 28.2 Å². The van der Waals surface area contributed by atoms with E-state index < -0.39 is 11.9 Å². The molecule has 0 aliphatic heterocycles. The fraction of sp³-hybridized carbons (Fsp3) is 0. The Kier molecular flexibility index (Phi) is 4.86. The highest BCUT2D eigenvalue weighted by atomic mass is 16.4. The summed E-state index contributed by atoms with van der Waals surface area (Å²) in [6.45, 7) is 0. The van der Waals surface area contributed by atoms with Gasteiger partial charge in [0, 0.05) is 5.56 Å². The monoisotopic (exact) mass is 359 g/mol. The zero-order valence-electron chi connectivity index (χ0n) is 13.9. The molecule has 0 fully saturated rings. The summed E-state index contributed by atoms with van der Waals surface area (Å²) < 4.78 is 5.71. The number of aromatic carboxylic acids is 2. The van der Waals surface area contributed by atoms with Crippen LogP contribution in [0.5, 0.6) is 0 Å². The lowest BCUT2D eigenvalue weighted by molar-refractivity contribution is 0.0686. The third-order valence-corrected chi connectivity index (χ3v) is 3.87. The molecule has 6 heteroatoms. The SMILES string of the molecule is N#C/C(=C\c1ccc(-c2cccc(C(=O)O)c2)o1)c1ccc(C(=O)O)cc1. The molecule has 6 nitrogen and oxygen atoms in total. The van der Waals surface area contributed by atoms with Crippen LogP contribution in [0.4, 0.5) is 0 Å². The number of carboxylic acids is 2. The first-order chi connectivity index (χ1) is 13.0. The summed E-state index contributed by atoms with van der Waals surface area (Å²) in [5, 5.41) is 27.4. The molecule has 0 atom stereocenters. The van der Waals surface area contributed by atoms with Crippen LogP contribution in [0, 0.1) is 11.3 Å². The molecular weight excluding hydrogens is 346 g/mol.